The maximum Gasteiger partial charge on any atom is 0.206 e. The van der Waals surface area contributed by atoms with Crippen molar-refractivity contribution in [1.29, 1.82) is 0 Å². The van der Waals surface area contributed by atoms with E-state index in [2.05, 4.69) is 11.6 Å². The number of hydrogen-bond donors (Lipinski definition) is 1. The summed E-state index contributed by atoms with van der Waals surface area (Å²) in [6, 6.07) is 0. The first kappa shape index (κ1) is 14.2. The third kappa shape index (κ3) is 3.08. The molecular weight excluding hydrogens is 234 g/mol. The molecule has 1 radical (unpaired) electrons. The summed E-state index contributed by atoms with van der Waals surface area (Å²) < 4.78 is 60.6. The lowest BCUT2D eigenvalue weighted by atomic mass is 10.3. The Morgan fingerprint density at radius 1 is 0.733 bits per heavy atom. The molecule has 0 aliphatic carbocycles. The zero-order chi connectivity index (χ0) is 12.2. The quantitative estimate of drug-likeness (QED) is 0.320. The molecular formula is C8H7AlF5O. The summed E-state index contributed by atoms with van der Waals surface area (Å²) in [5, 5.41) is 8.30. The van der Waals surface area contributed by atoms with Crippen molar-refractivity contribution in [2.45, 2.75) is 11.6 Å². The van der Waals surface area contributed by atoms with Gasteiger partial charge in [-0.25, -0.2) is 13.2 Å². The molecule has 0 unspecified atom stereocenters. The third-order valence-corrected chi connectivity index (χ3v) is 1.19. The minimum absolute atomic E-state index is 0.750. The summed E-state index contributed by atoms with van der Waals surface area (Å²) in [7, 11) is 0. The van der Waals surface area contributed by atoms with Gasteiger partial charge in [0, 0.05) is 0 Å². The first-order valence-electron chi connectivity index (χ1n) is 3.82. The van der Waals surface area contributed by atoms with Crippen LogP contribution in [-0.4, -0.2) is 20.3 Å². The second-order valence-corrected chi connectivity index (χ2v) is 3.65. The van der Waals surface area contributed by atoms with Crippen LogP contribution >= 0.6 is 0 Å². The number of halogens is 5. The lowest BCUT2D eigenvalue weighted by Gasteiger charge is -2.00. The van der Waals surface area contributed by atoms with Gasteiger partial charge in [0.15, 0.2) is 21.0 Å². The Morgan fingerprint density at radius 3 is 1.20 bits per heavy atom. The Bertz CT molecular complexity index is 250. The van der Waals surface area contributed by atoms with Crippen molar-refractivity contribution >= 4 is 15.2 Å². The summed E-state index contributed by atoms with van der Waals surface area (Å²) in [6.45, 7) is 0. The van der Waals surface area contributed by atoms with E-state index < -0.39 is 34.8 Å². The highest BCUT2D eigenvalue weighted by molar-refractivity contribution is 6.31. The van der Waals surface area contributed by atoms with Crippen molar-refractivity contribution in [2.24, 2.45) is 0 Å². The zero-order valence-corrected chi connectivity index (χ0v) is 9.07. The van der Waals surface area contributed by atoms with E-state index >= 15 is 0 Å². The lowest BCUT2D eigenvalue weighted by molar-refractivity contribution is 0.325. The lowest BCUT2D eigenvalue weighted by Crippen LogP contribution is -2.00. The number of phenolic OH excluding ortho intramolecular Hbond substituents is 1. The van der Waals surface area contributed by atoms with Gasteiger partial charge in [-0.15, -0.1) is 11.6 Å². The molecule has 1 rings (SSSR count). The Morgan fingerprint density at radius 2 is 0.933 bits per heavy atom. The monoisotopic (exact) mass is 241 g/mol. The van der Waals surface area contributed by atoms with E-state index in [4.69, 9.17) is 5.11 Å². The molecule has 0 saturated carbocycles. The molecule has 0 atom stereocenters. The van der Waals surface area contributed by atoms with Crippen LogP contribution < -0.4 is 0 Å². The second-order valence-electron chi connectivity index (χ2n) is 2.50. The SMILES string of the molecule is Oc1c(F)c(F)c(F)c(F)c1F.[CH3][Al][CH3]. The van der Waals surface area contributed by atoms with Gasteiger partial charge in [0.1, 0.15) is 0 Å². The van der Waals surface area contributed by atoms with Crippen LogP contribution in [0, 0.1) is 29.1 Å². The largest absolute Gasteiger partial charge is 0.503 e. The fourth-order valence-electron chi connectivity index (χ4n) is 0.593. The van der Waals surface area contributed by atoms with Crippen LogP contribution in [0.15, 0.2) is 0 Å². The van der Waals surface area contributed by atoms with E-state index in [9.17, 15) is 22.0 Å². The van der Waals surface area contributed by atoms with Crippen LogP contribution in [0.1, 0.15) is 0 Å². The highest BCUT2D eigenvalue weighted by Gasteiger charge is 2.24. The van der Waals surface area contributed by atoms with E-state index in [0.29, 0.717) is 0 Å². The first-order chi connectivity index (χ1) is 6.88. The van der Waals surface area contributed by atoms with Crippen molar-refractivity contribution < 1.29 is 27.1 Å². The molecule has 0 aromatic heterocycles. The average Bonchev–Trinajstić information content (AvgIpc) is 2.22. The molecule has 0 heterocycles. The van der Waals surface area contributed by atoms with Gasteiger partial charge in [0.05, 0.1) is 0 Å². The van der Waals surface area contributed by atoms with Crippen molar-refractivity contribution in [3.63, 3.8) is 0 Å². The second kappa shape index (κ2) is 5.93. The van der Waals surface area contributed by atoms with E-state index in [-0.39, 0.29) is 0 Å². The Kier molecular flexibility index (Phi) is 5.62. The van der Waals surface area contributed by atoms with Gasteiger partial charge in [-0.1, -0.05) is 0 Å². The van der Waals surface area contributed by atoms with Gasteiger partial charge in [0.25, 0.3) is 0 Å². The molecule has 0 bridgehead atoms. The van der Waals surface area contributed by atoms with E-state index in [1.165, 1.54) is 0 Å². The highest BCUT2D eigenvalue weighted by Crippen LogP contribution is 2.27. The predicted molar refractivity (Wildman–Crippen MR) is 45.4 cm³/mol. The summed E-state index contributed by atoms with van der Waals surface area (Å²) in [5.41, 5.74) is 0. The minimum Gasteiger partial charge on any atom is -0.503 e. The molecule has 0 aliphatic heterocycles. The van der Waals surface area contributed by atoms with E-state index in [1.54, 1.807) is 0 Å². The number of aromatic hydroxyl groups is 1. The van der Waals surface area contributed by atoms with Crippen molar-refractivity contribution in [2.75, 3.05) is 0 Å². The molecule has 0 spiro atoms. The van der Waals surface area contributed by atoms with Crippen molar-refractivity contribution in [1.82, 2.24) is 0 Å². The molecule has 1 N–H and O–H groups in total. The fraction of sp³-hybridized carbons (Fsp3) is 0.250. The molecule has 0 amide bonds. The summed E-state index contributed by atoms with van der Waals surface area (Å²) >= 11 is 0.750. The van der Waals surface area contributed by atoms with Crippen LogP contribution in [0.25, 0.3) is 0 Å². The van der Waals surface area contributed by atoms with Gasteiger partial charge in [-0.2, -0.15) is 8.78 Å². The molecule has 0 fully saturated rings. The normalized spacial score (nSPS) is 9.27. The molecule has 83 valence electrons. The van der Waals surface area contributed by atoms with Crippen LogP contribution in [0.3, 0.4) is 0 Å². The number of benzene rings is 1. The summed E-state index contributed by atoms with van der Waals surface area (Å²) in [5.74, 6) is -8.52. The van der Waals surface area contributed by atoms with Gasteiger partial charge < -0.3 is 5.11 Å². The summed E-state index contributed by atoms with van der Waals surface area (Å²) in [4.78, 5) is 0. The van der Waals surface area contributed by atoms with Gasteiger partial charge in [-0.3, -0.25) is 0 Å². The van der Waals surface area contributed by atoms with E-state index in [1.807, 2.05) is 0 Å². The topological polar surface area (TPSA) is 20.2 Å². The minimum atomic E-state index is -2.29. The molecule has 7 heteroatoms. The van der Waals surface area contributed by atoms with Crippen LogP contribution in [-0.2, 0) is 0 Å². The molecule has 1 aromatic rings. The highest BCUT2D eigenvalue weighted by atomic mass is 27.1. The number of rotatable bonds is 0. The molecule has 15 heavy (non-hydrogen) atoms. The maximum absolute atomic E-state index is 12.2. The van der Waals surface area contributed by atoms with Crippen LogP contribution in [0.2, 0.25) is 11.6 Å². The zero-order valence-electron chi connectivity index (χ0n) is 7.91. The molecule has 1 nitrogen and oxygen atoms in total. The van der Waals surface area contributed by atoms with Gasteiger partial charge in [-0.05, 0) is 0 Å². The number of phenols is 1. The molecule has 1 aromatic carbocycles. The van der Waals surface area contributed by atoms with Gasteiger partial charge >= 0.3 is 0 Å². The van der Waals surface area contributed by atoms with Crippen LogP contribution in [0.4, 0.5) is 22.0 Å². The first-order valence-corrected chi connectivity index (χ1v) is 6.13. The smallest absolute Gasteiger partial charge is 0.206 e. The number of hydrogen-bond acceptors (Lipinski definition) is 1. The third-order valence-electron chi connectivity index (χ3n) is 1.19. The molecule has 0 aliphatic rings. The standard InChI is InChI=1S/C6HF5O.2CH3.Al/c7-1-2(8)4(10)6(12)5(11)3(1)9;;;/h12H;2*1H3;. The maximum atomic E-state index is 12.2. The van der Waals surface area contributed by atoms with E-state index in [0.717, 1.165) is 15.2 Å². The fourth-order valence-corrected chi connectivity index (χ4v) is 0.593. The van der Waals surface area contributed by atoms with Crippen LogP contribution in [0.5, 0.6) is 5.75 Å². The van der Waals surface area contributed by atoms with Gasteiger partial charge in [0.2, 0.25) is 29.1 Å². The van der Waals surface area contributed by atoms with Crippen molar-refractivity contribution in [3.05, 3.63) is 29.1 Å². The Labute approximate surface area is 89.2 Å². The van der Waals surface area contributed by atoms with Crippen molar-refractivity contribution in [3.8, 4) is 5.75 Å². The Hall–Kier alpha value is -0.798. The molecule has 0 saturated heterocycles. The average molecular weight is 241 g/mol. The Balaban J connectivity index is 0.000000583. The summed E-state index contributed by atoms with van der Waals surface area (Å²) in [6.07, 6.45) is 0. The predicted octanol–water partition coefficient (Wildman–Crippen LogP) is 2.87.